The molecule has 0 atom stereocenters. The average molecular weight is 266 g/mol. The molecule has 0 aromatic heterocycles. The van der Waals surface area contributed by atoms with Crippen LogP contribution in [0.15, 0.2) is 24.3 Å². The molecule has 0 fully saturated rings. The van der Waals surface area contributed by atoms with Crippen molar-refractivity contribution in [1.82, 2.24) is 0 Å². The molecule has 0 bridgehead atoms. The Morgan fingerprint density at radius 2 is 1.74 bits per heavy atom. The van der Waals surface area contributed by atoms with Crippen molar-refractivity contribution in [2.45, 2.75) is 26.4 Å². The van der Waals surface area contributed by atoms with Crippen LogP contribution in [0.2, 0.25) is 0 Å². The first kappa shape index (κ1) is 15.7. The van der Waals surface area contributed by atoms with Crippen LogP contribution in [0.1, 0.15) is 35.7 Å². The van der Waals surface area contributed by atoms with Gasteiger partial charge in [-0.05, 0) is 24.1 Å². The zero-order valence-corrected chi connectivity index (χ0v) is 11.7. The maximum atomic E-state index is 11.2. The zero-order valence-electron chi connectivity index (χ0n) is 11.7. The van der Waals surface area contributed by atoms with Crippen LogP contribution >= 0.6 is 0 Å². The summed E-state index contributed by atoms with van der Waals surface area (Å²) >= 11 is 0. The van der Waals surface area contributed by atoms with Crippen molar-refractivity contribution in [3.8, 4) is 0 Å². The first-order valence-corrected chi connectivity index (χ1v) is 6.60. The predicted molar refractivity (Wildman–Crippen MR) is 73.2 cm³/mol. The van der Waals surface area contributed by atoms with Crippen LogP contribution in [-0.4, -0.2) is 32.9 Å². The Hall–Kier alpha value is -1.39. The van der Waals surface area contributed by atoms with Gasteiger partial charge in [-0.1, -0.05) is 25.5 Å². The van der Waals surface area contributed by atoms with E-state index in [0.717, 1.165) is 25.0 Å². The summed E-state index contributed by atoms with van der Waals surface area (Å²) in [4.78, 5) is 11.2. The smallest absolute Gasteiger partial charge is 0.337 e. The van der Waals surface area contributed by atoms with E-state index in [1.807, 2.05) is 12.1 Å². The minimum Gasteiger partial charge on any atom is -0.465 e. The second-order valence-corrected chi connectivity index (χ2v) is 4.21. The van der Waals surface area contributed by atoms with Crippen molar-refractivity contribution in [2.24, 2.45) is 0 Å². The van der Waals surface area contributed by atoms with Gasteiger partial charge in [0.2, 0.25) is 0 Å². The summed E-state index contributed by atoms with van der Waals surface area (Å²) in [6, 6.07) is 7.21. The molecular formula is C15H22O4. The van der Waals surface area contributed by atoms with Crippen LogP contribution in [-0.2, 0) is 20.8 Å². The molecule has 4 heteroatoms. The van der Waals surface area contributed by atoms with Crippen LogP contribution in [0.3, 0.4) is 0 Å². The van der Waals surface area contributed by atoms with Crippen LogP contribution in [0.5, 0.6) is 0 Å². The van der Waals surface area contributed by atoms with Gasteiger partial charge in [0.05, 0.1) is 32.5 Å². The highest BCUT2D eigenvalue weighted by atomic mass is 16.5. The van der Waals surface area contributed by atoms with E-state index in [1.54, 1.807) is 12.1 Å². The first-order valence-electron chi connectivity index (χ1n) is 6.60. The molecule has 1 rings (SSSR count). The molecule has 0 aliphatic heterocycles. The fourth-order valence-electron chi connectivity index (χ4n) is 1.51. The van der Waals surface area contributed by atoms with Crippen molar-refractivity contribution in [2.75, 3.05) is 26.9 Å². The summed E-state index contributed by atoms with van der Waals surface area (Å²) in [5.74, 6) is -0.322. The maximum absolute atomic E-state index is 11.2. The number of rotatable bonds is 9. The van der Waals surface area contributed by atoms with Crippen molar-refractivity contribution >= 4 is 5.97 Å². The minimum atomic E-state index is -0.322. The standard InChI is InChI=1S/C15H22O4/c1-3-4-9-18-10-11-19-12-13-5-7-14(8-6-13)15(16)17-2/h5-8H,3-4,9-12H2,1-2H3. The SMILES string of the molecule is CCCCOCCOCc1ccc(C(=O)OC)cc1. The topological polar surface area (TPSA) is 44.8 Å². The molecule has 19 heavy (non-hydrogen) atoms. The third kappa shape index (κ3) is 6.36. The van der Waals surface area contributed by atoms with E-state index < -0.39 is 0 Å². The third-order valence-corrected chi connectivity index (χ3v) is 2.66. The van der Waals surface area contributed by atoms with Crippen molar-refractivity contribution in [1.29, 1.82) is 0 Å². The summed E-state index contributed by atoms with van der Waals surface area (Å²) in [5.41, 5.74) is 1.58. The Morgan fingerprint density at radius 1 is 1.05 bits per heavy atom. The van der Waals surface area contributed by atoms with Crippen LogP contribution < -0.4 is 0 Å². The Morgan fingerprint density at radius 3 is 2.37 bits per heavy atom. The molecule has 106 valence electrons. The number of esters is 1. The van der Waals surface area contributed by atoms with E-state index >= 15 is 0 Å². The minimum absolute atomic E-state index is 0.322. The van der Waals surface area contributed by atoms with E-state index in [0.29, 0.717) is 25.4 Å². The molecule has 0 saturated carbocycles. The Balaban J connectivity index is 2.18. The average Bonchev–Trinajstić information content (AvgIpc) is 2.46. The Bertz CT molecular complexity index is 359. The number of unbranched alkanes of at least 4 members (excludes halogenated alkanes) is 1. The molecule has 0 radical (unpaired) electrons. The molecule has 0 aliphatic rings. The normalized spacial score (nSPS) is 10.4. The van der Waals surface area contributed by atoms with Crippen molar-refractivity contribution < 1.29 is 19.0 Å². The summed E-state index contributed by atoms with van der Waals surface area (Å²) in [6.45, 7) is 4.67. The van der Waals surface area contributed by atoms with Crippen LogP contribution in [0.25, 0.3) is 0 Å². The number of hydrogen-bond donors (Lipinski definition) is 0. The lowest BCUT2D eigenvalue weighted by Gasteiger charge is -2.06. The van der Waals surface area contributed by atoms with E-state index in [9.17, 15) is 4.79 Å². The lowest BCUT2D eigenvalue weighted by molar-refractivity contribution is 0.0396. The van der Waals surface area contributed by atoms with Gasteiger partial charge in [-0.3, -0.25) is 0 Å². The molecule has 4 nitrogen and oxygen atoms in total. The number of hydrogen-bond acceptors (Lipinski definition) is 4. The lowest BCUT2D eigenvalue weighted by Crippen LogP contribution is -2.05. The molecule has 0 unspecified atom stereocenters. The largest absolute Gasteiger partial charge is 0.465 e. The maximum Gasteiger partial charge on any atom is 0.337 e. The van der Waals surface area contributed by atoms with Gasteiger partial charge in [-0.2, -0.15) is 0 Å². The lowest BCUT2D eigenvalue weighted by atomic mass is 10.1. The van der Waals surface area contributed by atoms with Gasteiger partial charge in [0.25, 0.3) is 0 Å². The highest BCUT2D eigenvalue weighted by Gasteiger charge is 2.04. The number of carbonyl (C=O) groups excluding carboxylic acids is 1. The van der Waals surface area contributed by atoms with E-state index in [4.69, 9.17) is 9.47 Å². The van der Waals surface area contributed by atoms with Gasteiger partial charge in [0.15, 0.2) is 0 Å². The van der Waals surface area contributed by atoms with Gasteiger partial charge >= 0.3 is 5.97 Å². The van der Waals surface area contributed by atoms with Gasteiger partial charge in [0.1, 0.15) is 0 Å². The molecule has 0 heterocycles. The van der Waals surface area contributed by atoms with Gasteiger partial charge in [-0.15, -0.1) is 0 Å². The second kappa shape index (κ2) is 9.53. The molecule has 0 amide bonds. The number of methoxy groups -OCH3 is 1. The fourth-order valence-corrected chi connectivity index (χ4v) is 1.51. The molecule has 1 aromatic rings. The van der Waals surface area contributed by atoms with Gasteiger partial charge < -0.3 is 14.2 Å². The van der Waals surface area contributed by atoms with Crippen molar-refractivity contribution in [3.05, 3.63) is 35.4 Å². The van der Waals surface area contributed by atoms with E-state index in [2.05, 4.69) is 11.7 Å². The molecular weight excluding hydrogens is 244 g/mol. The van der Waals surface area contributed by atoms with E-state index in [1.165, 1.54) is 7.11 Å². The number of carbonyl (C=O) groups is 1. The summed E-state index contributed by atoms with van der Waals surface area (Å²) in [7, 11) is 1.37. The fraction of sp³-hybridized carbons (Fsp3) is 0.533. The zero-order chi connectivity index (χ0) is 13.9. The van der Waals surface area contributed by atoms with E-state index in [-0.39, 0.29) is 5.97 Å². The molecule has 0 aliphatic carbocycles. The first-order chi connectivity index (χ1) is 9.27. The molecule has 0 saturated heterocycles. The summed E-state index contributed by atoms with van der Waals surface area (Å²) < 4.78 is 15.5. The monoisotopic (exact) mass is 266 g/mol. The van der Waals surface area contributed by atoms with Gasteiger partial charge in [-0.25, -0.2) is 4.79 Å². The Labute approximate surface area is 114 Å². The predicted octanol–water partition coefficient (Wildman–Crippen LogP) is 2.81. The Kier molecular flexibility index (Phi) is 7.86. The molecule has 1 aromatic carbocycles. The third-order valence-electron chi connectivity index (χ3n) is 2.66. The second-order valence-electron chi connectivity index (χ2n) is 4.21. The van der Waals surface area contributed by atoms with Crippen LogP contribution in [0.4, 0.5) is 0 Å². The quantitative estimate of drug-likeness (QED) is 0.509. The highest BCUT2D eigenvalue weighted by Crippen LogP contribution is 2.06. The van der Waals surface area contributed by atoms with Crippen molar-refractivity contribution in [3.63, 3.8) is 0 Å². The molecule has 0 spiro atoms. The van der Waals surface area contributed by atoms with Gasteiger partial charge in [0, 0.05) is 6.61 Å². The summed E-state index contributed by atoms with van der Waals surface area (Å²) in [6.07, 6.45) is 2.24. The highest BCUT2D eigenvalue weighted by molar-refractivity contribution is 5.89. The van der Waals surface area contributed by atoms with Crippen LogP contribution in [0, 0.1) is 0 Å². The summed E-state index contributed by atoms with van der Waals surface area (Å²) in [5, 5.41) is 0. The number of benzene rings is 1. The molecule has 0 N–H and O–H groups in total. The number of ether oxygens (including phenoxy) is 3.